The maximum Gasteiger partial charge on any atom is 0.290 e. The van der Waals surface area contributed by atoms with Crippen LogP contribution < -0.4 is 10.5 Å². The van der Waals surface area contributed by atoms with Gasteiger partial charge in [-0.15, -0.1) is 0 Å². The molecule has 0 unspecified atom stereocenters. The Morgan fingerprint density at radius 2 is 2.38 bits per heavy atom. The Morgan fingerprint density at radius 1 is 1.69 bits per heavy atom. The molecule has 1 rings (SSSR count). The third-order valence-electron chi connectivity index (χ3n) is 1.46. The minimum Gasteiger partial charge on any atom is -0.349 e. The van der Waals surface area contributed by atoms with Crippen molar-refractivity contribution in [3.05, 3.63) is 22.7 Å². The molecule has 72 valence electrons. The van der Waals surface area contributed by atoms with Crippen LogP contribution in [0.25, 0.3) is 0 Å². The molecule has 1 aromatic heterocycles. The Labute approximate surface area is 73.2 Å². The molecule has 0 amide bonds. The number of aromatic amines is 1. The zero-order valence-electron chi connectivity index (χ0n) is 7.00. The number of hydrogen-bond acceptors (Lipinski definition) is 3. The molecule has 0 saturated heterocycles. The predicted molar refractivity (Wildman–Crippen MR) is 44.1 cm³/mol. The van der Waals surface area contributed by atoms with Gasteiger partial charge in [-0.25, -0.2) is 13.8 Å². The summed E-state index contributed by atoms with van der Waals surface area (Å²) in [6.07, 6.45) is 0.215. The Kier molecular flexibility index (Phi) is 2.94. The van der Waals surface area contributed by atoms with E-state index in [0.717, 1.165) is 4.90 Å². The van der Waals surface area contributed by atoms with Gasteiger partial charge in [0.25, 0.3) is 12.0 Å². The van der Waals surface area contributed by atoms with Crippen molar-refractivity contribution in [2.75, 3.05) is 18.5 Å². The van der Waals surface area contributed by atoms with Gasteiger partial charge >= 0.3 is 0 Å². The van der Waals surface area contributed by atoms with Crippen LogP contribution >= 0.6 is 0 Å². The lowest BCUT2D eigenvalue weighted by Gasteiger charge is -2.15. The zero-order chi connectivity index (χ0) is 9.84. The van der Waals surface area contributed by atoms with Gasteiger partial charge in [0, 0.05) is 19.4 Å². The van der Waals surface area contributed by atoms with Crippen LogP contribution in [0.2, 0.25) is 0 Å². The molecule has 1 aromatic rings. The maximum atomic E-state index is 11.9. The maximum absolute atomic E-state index is 11.9. The summed E-state index contributed by atoms with van der Waals surface area (Å²) in [5.41, 5.74) is -0.467. The number of nitrogens with one attached hydrogen (secondary N) is 1. The molecule has 0 spiro atoms. The predicted octanol–water partition coefficient (Wildman–Crippen LogP) is 0.471. The van der Waals surface area contributed by atoms with Crippen molar-refractivity contribution in [1.82, 2.24) is 9.97 Å². The van der Waals surface area contributed by atoms with Gasteiger partial charge in [-0.2, -0.15) is 0 Å². The molecule has 6 heteroatoms. The first-order chi connectivity index (χ1) is 6.11. The summed E-state index contributed by atoms with van der Waals surface area (Å²) in [4.78, 5) is 18.2. The number of H-pyrrole nitrogens is 1. The molecule has 0 fully saturated rings. The SMILES string of the molecule is CN(CC(F)F)c1ncc[nH]c1=O. The summed E-state index contributed by atoms with van der Waals surface area (Å²) >= 11 is 0. The molecule has 0 bridgehead atoms. The molecule has 1 N–H and O–H groups in total. The highest BCUT2D eigenvalue weighted by Gasteiger charge is 2.11. The second-order valence-electron chi connectivity index (χ2n) is 2.51. The van der Waals surface area contributed by atoms with E-state index in [-0.39, 0.29) is 5.82 Å². The highest BCUT2D eigenvalue weighted by molar-refractivity contribution is 5.33. The van der Waals surface area contributed by atoms with Crippen LogP contribution in [0.1, 0.15) is 0 Å². The van der Waals surface area contributed by atoms with E-state index in [2.05, 4.69) is 9.97 Å². The van der Waals surface area contributed by atoms with Crippen molar-refractivity contribution in [2.24, 2.45) is 0 Å². The lowest BCUT2D eigenvalue weighted by atomic mass is 10.5. The van der Waals surface area contributed by atoms with Crippen molar-refractivity contribution < 1.29 is 8.78 Å². The van der Waals surface area contributed by atoms with Crippen LogP contribution in [0.15, 0.2) is 17.2 Å². The van der Waals surface area contributed by atoms with Crippen molar-refractivity contribution in [3.8, 4) is 0 Å². The van der Waals surface area contributed by atoms with E-state index >= 15 is 0 Å². The molecule has 0 radical (unpaired) electrons. The molecule has 0 saturated carbocycles. The normalized spacial score (nSPS) is 10.5. The van der Waals surface area contributed by atoms with Gasteiger partial charge in [0.1, 0.15) is 0 Å². The summed E-state index contributed by atoms with van der Waals surface area (Å²) in [5.74, 6) is 0.00259. The van der Waals surface area contributed by atoms with Crippen LogP contribution in [0, 0.1) is 0 Å². The monoisotopic (exact) mass is 189 g/mol. The van der Waals surface area contributed by atoms with E-state index in [0.29, 0.717) is 0 Å². The third kappa shape index (κ3) is 2.50. The Bertz CT molecular complexity index is 326. The topological polar surface area (TPSA) is 49.0 Å². The fraction of sp³-hybridized carbons (Fsp3) is 0.429. The minimum atomic E-state index is -2.48. The average molecular weight is 189 g/mol. The number of halogens is 2. The molecule has 0 aromatic carbocycles. The molecule has 1 heterocycles. The molecular formula is C7H9F2N3O. The first-order valence-corrected chi connectivity index (χ1v) is 3.64. The van der Waals surface area contributed by atoms with E-state index < -0.39 is 18.5 Å². The number of aromatic nitrogens is 2. The number of nitrogens with zero attached hydrogens (tertiary/aromatic N) is 2. The van der Waals surface area contributed by atoms with Crippen molar-refractivity contribution in [1.29, 1.82) is 0 Å². The number of rotatable bonds is 3. The average Bonchev–Trinajstić information content (AvgIpc) is 2.03. The Balaban J connectivity index is 2.83. The number of alkyl halides is 2. The van der Waals surface area contributed by atoms with Gasteiger partial charge in [-0.1, -0.05) is 0 Å². The van der Waals surface area contributed by atoms with E-state index in [4.69, 9.17) is 0 Å². The van der Waals surface area contributed by atoms with Gasteiger partial charge < -0.3 is 9.88 Å². The van der Waals surface area contributed by atoms with Crippen molar-refractivity contribution in [2.45, 2.75) is 6.43 Å². The molecule has 0 atom stereocenters. The van der Waals surface area contributed by atoms with Gasteiger partial charge in [-0.05, 0) is 0 Å². The summed E-state index contributed by atoms with van der Waals surface area (Å²) in [5, 5.41) is 0. The number of anilines is 1. The fourth-order valence-electron chi connectivity index (χ4n) is 0.909. The van der Waals surface area contributed by atoms with Crippen LogP contribution in [0.4, 0.5) is 14.6 Å². The largest absolute Gasteiger partial charge is 0.349 e. The van der Waals surface area contributed by atoms with E-state index in [1.54, 1.807) is 0 Å². The van der Waals surface area contributed by atoms with Crippen LogP contribution in [0.5, 0.6) is 0 Å². The van der Waals surface area contributed by atoms with Gasteiger partial charge in [0.05, 0.1) is 6.54 Å². The first-order valence-electron chi connectivity index (χ1n) is 3.64. The highest BCUT2D eigenvalue weighted by Crippen LogP contribution is 2.02. The Hall–Kier alpha value is -1.46. The highest BCUT2D eigenvalue weighted by atomic mass is 19.3. The first kappa shape index (κ1) is 9.63. The molecule has 4 nitrogen and oxygen atoms in total. The summed E-state index contributed by atoms with van der Waals surface area (Å²) in [7, 11) is 1.39. The van der Waals surface area contributed by atoms with Gasteiger partial charge in [-0.3, -0.25) is 4.79 Å². The smallest absolute Gasteiger partial charge is 0.290 e. The quantitative estimate of drug-likeness (QED) is 0.752. The lowest BCUT2D eigenvalue weighted by Crippen LogP contribution is -2.30. The van der Waals surface area contributed by atoms with Crippen molar-refractivity contribution in [3.63, 3.8) is 0 Å². The molecule has 13 heavy (non-hydrogen) atoms. The summed E-state index contributed by atoms with van der Waals surface area (Å²) in [6.45, 7) is -0.500. The molecule has 0 aliphatic heterocycles. The summed E-state index contributed by atoms with van der Waals surface area (Å²) in [6, 6.07) is 0. The molecule has 0 aliphatic carbocycles. The molecule has 0 aliphatic rings. The lowest BCUT2D eigenvalue weighted by molar-refractivity contribution is 0.156. The van der Waals surface area contributed by atoms with Crippen LogP contribution in [-0.4, -0.2) is 30.0 Å². The zero-order valence-corrected chi connectivity index (χ0v) is 7.00. The van der Waals surface area contributed by atoms with Gasteiger partial charge in [0.2, 0.25) is 0 Å². The van der Waals surface area contributed by atoms with E-state index in [1.807, 2.05) is 0 Å². The Morgan fingerprint density at radius 3 is 2.92 bits per heavy atom. The fourth-order valence-corrected chi connectivity index (χ4v) is 0.909. The van der Waals surface area contributed by atoms with Crippen LogP contribution in [0.3, 0.4) is 0 Å². The van der Waals surface area contributed by atoms with E-state index in [9.17, 15) is 13.6 Å². The van der Waals surface area contributed by atoms with Gasteiger partial charge in [0.15, 0.2) is 5.82 Å². The second-order valence-corrected chi connectivity index (χ2v) is 2.51. The number of hydrogen-bond donors (Lipinski definition) is 1. The van der Waals surface area contributed by atoms with E-state index in [1.165, 1.54) is 19.4 Å². The third-order valence-corrected chi connectivity index (χ3v) is 1.46. The minimum absolute atomic E-state index is 0.00259. The standard InChI is InChI=1S/C7H9F2N3O/c1-12(4-5(8)9)6-7(13)11-3-2-10-6/h2-3,5H,4H2,1H3,(H,11,13). The summed E-state index contributed by atoms with van der Waals surface area (Å²) < 4.78 is 23.8. The van der Waals surface area contributed by atoms with Crippen molar-refractivity contribution >= 4 is 5.82 Å². The molecular weight excluding hydrogens is 180 g/mol. The van der Waals surface area contributed by atoms with Crippen LogP contribution in [-0.2, 0) is 0 Å². The second kappa shape index (κ2) is 3.97.